The molecule has 202 valence electrons. The summed E-state index contributed by atoms with van der Waals surface area (Å²) >= 11 is 0. The predicted molar refractivity (Wildman–Crippen MR) is 171 cm³/mol. The molecule has 0 aliphatic heterocycles. The molecule has 0 bridgehead atoms. The fourth-order valence-electron chi connectivity index (χ4n) is 5.92. The first-order valence-electron chi connectivity index (χ1n) is 20.3. The summed E-state index contributed by atoms with van der Waals surface area (Å²) in [6, 6.07) is 12.3. The summed E-state index contributed by atoms with van der Waals surface area (Å²) in [6.07, 6.45) is -1.52. The lowest BCUT2D eigenvalue weighted by Gasteiger charge is -2.36. The Morgan fingerprint density at radius 2 is 1.10 bits per heavy atom. The maximum atomic E-state index is 9.74. The number of rotatable bonds is 4. The SMILES string of the molecule is [2H]c1c([2H])c(-c2nc(-c3ccccc3)nc(-c3ccccc3)n2)c([2H])c(-c2c([2H])c([2H])c3c(c2[2H])C2(CCC([2H])([2H])CC2)c2c([2H])c([2H])c([2H])c([2H])c2-3)c1[2H]. The van der Waals surface area contributed by atoms with E-state index < -0.39 is 72.2 Å². The van der Waals surface area contributed by atoms with Crippen molar-refractivity contribution in [2.45, 2.75) is 37.5 Å². The average molecular weight is 555 g/mol. The standard InChI is InChI=1S/C39H31N3/c1-4-13-27(14-5-1)36-40-37(28-15-6-2-7-16-28)42-38(41-36)31-18-12-17-29(25-31)30-21-22-33-32-19-8-9-20-34(32)39(35(33)26-30)23-10-3-11-24-39/h1-2,4-9,12-22,25-26H,3,10-11,23-24H2/i3D2,8D,9D,12D,17D,18D,19D,20D,21D,22D,25D,26D. The Labute approximate surface area is 265 Å². The largest absolute Gasteiger partial charge is 0.208 e. The highest BCUT2D eigenvalue weighted by molar-refractivity contribution is 5.84. The van der Waals surface area contributed by atoms with E-state index in [1.807, 2.05) is 12.1 Å². The summed E-state index contributed by atoms with van der Waals surface area (Å²) in [5.41, 5.74) is -0.847. The van der Waals surface area contributed by atoms with Crippen molar-refractivity contribution < 1.29 is 17.8 Å². The molecule has 1 heterocycles. The van der Waals surface area contributed by atoms with Gasteiger partial charge in [0, 0.05) is 24.8 Å². The summed E-state index contributed by atoms with van der Waals surface area (Å²) in [7, 11) is 0. The molecule has 1 spiro atoms. The first kappa shape index (κ1) is 14.8. The molecule has 1 fully saturated rings. The Kier molecular flexibility index (Phi) is 3.60. The van der Waals surface area contributed by atoms with E-state index in [0.717, 1.165) is 0 Å². The van der Waals surface area contributed by atoms with Gasteiger partial charge in [-0.05, 0) is 58.3 Å². The maximum absolute atomic E-state index is 9.74. The van der Waals surface area contributed by atoms with Crippen LogP contribution in [0.2, 0.25) is 0 Å². The third kappa shape index (κ3) is 4.16. The molecule has 8 rings (SSSR count). The van der Waals surface area contributed by atoms with E-state index in [9.17, 15) is 5.48 Å². The second-order valence-electron chi connectivity index (χ2n) is 10.4. The normalized spacial score (nSPS) is 20.4. The first-order chi connectivity index (χ1) is 26.1. The minimum Gasteiger partial charge on any atom is -0.208 e. The van der Waals surface area contributed by atoms with Gasteiger partial charge in [0.1, 0.15) is 0 Å². The van der Waals surface area contributed by atoms with Gasteiger partial charge in [0.2, 0.25) is 0 Å². The zero-order valence-corrected chi connectivity index (χ0v) is 22.4. The molecule has 0 saturated heterocycles. The summed E-state index contributed by atoms with van der Waals surface area (Å²) < 4.78 is 117. The number of nitrogens with zero attached hydrogens (tertiary/aromatic N) is 3. The fourth-order valence-corrected chi connectivity index (χ4v) is 5.92. The van der Waals surface area contributed by atoms with Gasteiger partial charge in [-0.2, -0.15) is 0 Å². The first-order valence-corrected chi connectivity index (χ1v) is 13.8. The molecule has 0 N–H and O–H groups in total. The van der Waals surface area contributed by atoms with Crippen molar-refractivity contribution in [2.24, 2.45) is 0 Å². The lowest BCUT2D eigenvalue weighted by atomic mass is 9.67. The van der Waals surface area contributed by atoms with Gasteiger partial charge in [0.15, 0.2) is 17.5 Å². The van der Waals surface area contributed by atoms with Crippen LogP contribution >= 0.6 is 0 Å². The number of benzene rings is 5. The van der Waals surface area contributed by atoms with E-state index in [1.54, 1.807) is 48.5 Å². The topological polar surface area (TPSA) is 38.7 Å². The monoisotopic (exact) mass is 554 g/mol. The van der Waals surface area contributed by atoms with Crippen LogP contribution in [0.25, 0.3) is 56.4 Å². The van der Waals surface area contributed by atoms with Gasteiger partial charge >= 0.3 is 0 Å². The van der Waals surface area contributed by atoms with Crippen LogP contribution < -0.4 is 0 Å². The highest BCUT2D eigenvalue weighted by Gasteiger charge is 2.43. The molecule has 0 unspecified atom stereocenters. The second-order valence-corrected chi connectivity index (χ2v) is 10.4. The molecular weight excluding hydrogens is 510 g/mol. The Balaban J connectivity index is 1.44. The van der Waals surface area contributed by atoms with Crippen LogP contribution in [0.3, 0.4) is 0 Å². The highest BCUT2D eigenvalue weighted by atomic mass is 15.0. The Bertz CT molecular complexity index is 2530. The minimum absolute atomic E-state index is 0.00495. The Morgan fingerprint density at radius 3 is 1.79 bits per heavy atom. The molecule has 0 radical (unpaired) electrons. The van der Waals surface area contributed by atoms with E-state index in [1.165, 1.54) is 0 Å². The van der Waals surface area contributed by atoms with E-state index in [2.05, 4.69) is 15.0 Å². The average Bonchev–Trinajstić information content (AvgIpc) is 3.48. The quantitative estimate of drug-likeness (QED) is 0.218. The highest BCUT2D eigenvalue weighted by Crippen LogP contribution is 2.56. The number of fused-ring (bicyclic) bond motifs is 5. The van der Waals surface area contributed by atoms with Crippen LogP contribution in [0.15, 0.2) is 127 Å². The molecule has 1 aromatic heterocycles. The third-order valence-electron chi connectivity index (χ3n) is 7.96. The maximum Gasteiger partial charge on any atom is 0.164 e. The molecule has 3 nitrogen and oxygen atoms in total. The van der Waals surface area contributed by atoms with Gasteiger partial charge in [0.05, 0.1) is 15.1 Å². The van der Waals surface area contributed by atoms with Crippen molar-refractivity contribution in [3.8, 4) is 56.4 Å². The molecule has 1 saturated carbocycles. The molecule has 6 aromatic rings. The van der Waals surface area contributed by atoms with E-state index in [0.29, 0.717) is 11.1 Å². The van der Waals surface area contributed by atoms with Gasteiger partial charge in [-0.3, -0.25) is 0 Å². The summed E-state index contributed by atoms with van der Waals surface area (Å²) in [5.74, 6) is 0.289. The zero-order chi connectivity index (χ0) is 39.3. The third-order valence-corrected chi connectivity index (χ3v) is 7.96. The van der Waals surface area contributed by atoms with Crippen molar-refractivity contribution in [3.05, 3.63) is 138 Å². The fraction of sp³-hybridized carbons (Fsp3) is 0.154. The lowest BCUT2D eigenvalue weighted by Crippen LogP contribution is -2.28. The molecule has 0 amide bonds. The molecule has 3 heteroatoms. The molecule has 42 heavy (non-hydrogen) atoms. The van der Waals surface area contributed by atoms with Crippen LogP contribution in [0.4, 0.5) is 0 Å². The smallest absolute Gasteiger partial charge is 0.164 e. The molecule has 5 aromatic carbocycles. The van der Waals surface area contributed by atoms with Gasteiger partial charge in [-0.15, -0.1) is 0 Å². The van der Waals surface area contributed by atoms with Crippen LogP contribution in [0.5, 0.6) is 0 Å². The van der Waals surface area contributed by atoms with Gasteiger partial charge in [0.25, 0.3) is 0 Å². The van der Waals surface area contributed by atoms with E-state index >= 15 is 0 Å². The van der Waals surface area contributed by atoms with Crippen LogP contribution in [-0.4, -0.2) is 15.0 Å². The summed E-state index contributed by atoms with van der Waals surface area (Å²) in [5, 5.41) is 0. The number of aromatic nitrogens is 3. The zero-order valence-electron chi connectivity index (χ0n) is 35.4. The van der Waals surface area contributed by atoms with Crippen molar-refractivity contribution in [3.63, 3.8) is 0 Å². The molecular formula is C39H31N3. The Morgan fingerprint density at radius 1 is 0.524 bits per heavy atom. The summed E-state index contributed by atoms with van der Waals surface area (Å²) in [6.45, 7) is 0. The van der Waals surface area contributed by atoms with Crippen LogP contribution in [0.1, 0.15) is 61.0 Å². The minimum atomic E-state index is -1.59. The van der Waals surface area contributed by atoms with Crippen molar-refractivity contribution in [1.29, 1.82) is 0 Å². The molecule has 2 aliphatic rings. The van der Waals surface area contributed by atoms with Crippen LogP contribution in [-0.2, 0) is 5.41 Å². The number of hydrogen-bond acceptors (Lipinski definition) is 3. The summed E-state index contributed by atoms with van der Waals surface area (Å²) in [4.78, 5) is 13.9. The van der Waals surface area contributed by atoms with E-state index in [-0.39, 0.29) is 88.1 Å². The molecule has 2 aliphatic carbocycles. The van der Waals surface area contributed by atoms with Crippen molar-refractivity contribution in [1.82, 2.24) is 15.0 Å². The number of hydrogen-bond donors (Lipinski definition) is 0. The van der Waals surface area contributed by atoms with Gasteiger partial charge < -0.3 is 0 Å². The lowest BCUT2D eigenvalue weighted by molar-refractivity contribution is 0.353. The Hall–Kier alpha value is -4.89. The van der Waals surface area contributed by atoms with Gasteiger partial charge in [-0.1, -0.05) is 134 Å². The van der Waals surface area contributed by atoms with Crippen LogP contribution in [0, 0.1) is 0 Å². The molecule has 0 atom stereocenters. The van der Waals surface area contributed by atoms with Crippen molar-refractivity contribution >= 4 is 0 Å². The predicted octanol–water partition coefficient (Wildman–Crippen LogP) is 9.77. The van der Waals surface area contributed by atoms with Crippen molar-refractivity contribution in [2.75, 3.05) is 0 Å². The van der Waals surface area contributed by atoms with E-state index in [4.69, 9.17) is 12.3 Å². The second kappa shape index (κ2) is 10.2. The van der Waals surface area contributed by atoms with Gasteiger partial charge in [-0.25, -0.2) is 15.0 Å².